The molecule has 0 amide bonds. The summed E-state index contributed by atoms with van der Waals surface area (Å²) in [6.45, 7) is 3.99. The van der Waals surface area contributed by atoms with E-state index in [4.69, 9.17) is 13.9 Å². The van der Waals surface area contributed by atoms with Gasteiger partial charge in [0.15, 0.2) is 11.5 Å². The van der Waals surface area contributed by atoms with E-state index >= 15 is 0 Å². The Bertz CT molecular complexity index is 842. The zero-order valence-electron chi connectivity index (χ0n) is 11.6. The third-order valence-corrected chi connectivity index (χ3v) is 3.26. The molecule has 0 saturated carbocycles. The minimum atomic E-state index is 0.260. The van der Waals surface area contributed by atoms with Gasteiger partial charge in [-0.15, -0.1) is 0 Å². The smallest absolute Gasteiger partial charge is 0.231 e. The van der Waals surface area contributed by atoms with Gasteiger partial charge in [0.05, 0.1) is 5.39 Å². The number of rotatable bonds is 2. The van der Waals surface area contributed by atoms with E-state index in [2.05, 4.69) is 15.3 Å². The van der Waals surface area contributed by atoms with E-state index in [0.29, 0.717) is 17.4 Å². The molecule has 0 fully saturated rings. The van der Waals surface area contributed by atoms with E-state index in [0.717, 1.165) is 28.3 Å². The van der Waals surface area contributed by atoms with Crippen LogP contribution in [-0.4, -0.2) is 16.8 Å². The predicted molar refractivity (Wildman–Crippen MR) is 77.1 cm³/mol. The second-order valence-corrected chi connectivity index (χ2v) is 4.89. The molecule has 1 aromatic carbocycles. The molecule has 0 saturated heterocycles. The number of aryl methyl sites for hydroxylation is 2. The van der Waals surface area contributed by atoms with Gasteiger partial charge >= 0.3 is 0 Å². The molecule has 0 bridgehead atoms. The standard InChI is InChI=1S/C15H13N3O3/c1-8-5-11-14(16-9(2)17-15(11)21-8)18-10-3-4-12-13(6-10)20-7-19-12/h3-6H,7H2,1-2H3,(H,16,17,18). The molecule has 106 valence electrons. The van der Waals surface area contributed by atoms with Gasteiger partial charge in [0.25, 0.3) is 0 Å². The van der Waals surface area contributed by atoms with Crippen molar-refractivity contribution in [2.45, 2.75) is 13.8 Å². The van der Waals surface area contributed by atoms with Crippen molar-refractivity contribution in [2.75, 3.05) is 12.1 Å². The fraction of sp³-hybridized carbons (Fsp3) is 0.200. The minimum absolute atomic E-state index is 0.260. The number of nitrogens with one attached hydrogen (secondary N) is 1. The van der Waals surface area contributed by atoms with Crippen LogP contribution in [0.1, 0.15) is 11.6 Å². The first-order valence-electron chi connectivity index (χ1n) is 6.60. The molecule has 3 aromatic rings. The van der Waals surface area contributed by atoms with Crippen LogP contribution in [0.25, 0.3) is 11.1 Å². The van der Waals surface area contributed by atoms with E-state index in [1.165, 1.54) is 0 Å². The molecule has 21 heavy (non-hydrogen) atoms. The lowest BCUT2D eigenvalue weighted by molar-refractivity contribution is 0.174. The molecule has 2 aromatic heterocycles. The molecule has 0 atom stereocenters. The minimum Gasteiger partial charge on any atom is -0.454 e. The number of benzene rings is 1. The van der Waals surface area contributed by atoms with E-state index in [9.17, 15) is 0 Å². The molecular formula is C15H13N3O3. The van der Waals surface area contributed by atoms with Crippen LogP contribution in [0.2, 0.25) is 0 Å². The molecule has 0 aliphatic carbocycles. The molecule has 0 spiro atoms. The van der Waals surface area contributed by atoms with Crippen molar-refractivity contribution in [3.05, 3.63) is 35.9 Å². The van der Waals surface area contributed by atoms with Crippen molar-refractivity contribution in [3.63, 3.8) is 0 Å². The van der Waals surface area contributed by atoms with Crippen molar-refractivity contribution < 1.29 is 13.9 Å². The highest BCUT2D eigenvalue weighted by Gasteiger charge is 2.15. The normalized spacial score (nSPS) is 12.9. The zero-order valence-corrected chi connectivity index (χ0v) is 11.6. The van der Waals surface area contributed by atoms with Gasteiger partial charge in [-0.1, -0.05) is 0 Å². The van der Waals surface area contributed by atoms with Crippen LogP contribution in [0.3, 0.4) is 0 Å². The highest BCUT2D eigenvalue weighted by atomic mass is 16.7. The van der Waals surface area contributed by atoms with E-state index in [1.807, 2.05) is 38.1 Å². The Morgan fingerprint density at radius 2 is 1.90 bits per heavy atom. The number of anilines is 2. The number of nitrogens with zero attached hydrogens (tertiary/aromatic N) is 2. The van der Waals surface area contributed by atoms with Crippen molar-refractivity contribution in [1.82, 2.24) is 9.97 Å². The second kappa shape index (κ2) is 4.37. The first-order valence-corrected chi connectivity index (χ1v) is 6.60. The number of aromatic nitrogens is 2. The summed E-state index contributed by atoms with van der Waals surface area (Å²) in [6, 6.07) is 7.60. The van der Waals surface area contributed by atoms with Gasteiger partial charge in [-0.05, 0) is 32.0 Å². The molecule has 0 unspecified atom stereocenters. The molecule has 3 heterocycles. The van der Waals surface area contributed by atoms with Gasteiger partial charge in [-0.3, -0.25) is 0 Å². The van der Waals surface area contributed by atoms with Gasteiger partial charge in [0.2, 0.25) is 12.5 Å². The lowest BCUT2D eigenvalue weighted by Crippen LogP contribution is -1.97. The molecule has 1 aliphatic rings. The molecular weight excluding hydrogens is 270 g/mol. The maximum atomic E-state index is 5.57. The van der Waals surface area contributed by atoms with Crippen LogP contribution in [0, 0.1) is 13.8 Å². The van der Waals surface area contributed by atoms with Crippen LogP contribution in [-0.2, 0) is 0 Å². The fourth-order valence-corrected chi connectivity index (χ4v) is 2.35. The van der Waals surface area contributed by atoms with Gasteiger partial charge in [0, 0.05) is 11.8 Å². The largest absolute Gasteiger partial charge is 0.454 e. The van der Waals surface area contributed by atoms with Crippen molar-refractivity contribution >= 4 is 22.6 Å². The molecule has 4 rings (SSSR count). The predicted octanol–water partition coefficient (Wildman–Crippen LogP) is 3.31. The van der Waals surface area contributed by atoms with Gasteiger partial charge in [0.1, 0.15) is 17.4 Å². The number of hydrogen-bond acceptors (Lipinski definition) is 6. The van der Waals surface area contributed by atoms with Crippen LogP contribution in [0.15, 0.2) is 28.7 Å². The number of furan rings is 1. The summed E-state index contributed by atoms with van der Waals surface area (Å²) in [5.74, 6) is 3.65. The summed E-state index contributed by atoms with van der Waals surface area (Å²) >= 11 is 0. The quantitative estimate of drug-likeness (QED) is 0.778. The summed E-state index contributed by atoms with van der Waals surface area (Å²) in [5, 5.41) is 4.14. The van der Waals surface area contributed by atoms with Crippen LogP contribution in [0.5, 0.6) is 11.5 Å². The van der Waals surface area contributed by atoms with E-state index < -0.39 is 0 Å². The van der Waals surface area contributed by atoms with E-state index in [1.54, 1.807) is 0 Å². The van der Waals surface area contributed by atoms with Gasteiger partial charge in [-0.2, -0.15) is 4.98 Å². The molecule has 0 radical (unpaired) electrons. The number of ether oxygens (including phenoxy) is 2. The third-order valence-electron chi connectivity index (χ3n) is 3.26. The zero-order chi connectivity index (χ0) is 14.4. The summed E-state index contributed by atoms with van der Waals surface area (Å²) in [6.07, 6.45) is 0. The topological polar surface area (TPSA) is 69.4 Å². The Balaban J connectivity index is 1.77. The fourth-order valence-electron chi connectivity index (χ4n) is 2.35. The summed E-state index contributed by atoms with van der Waals surface area (Å²) in [7, 11) is 0. The first-order chi connectivity index (χ1) is 10.2. The number of hydrogen-bond donors (Lipinski definition) is 1. The highest BCUT2D eigenvalue weighted by molar-refractivity contribution is 5.88. The highest BCUT2D eigenvalue weighted by Crippen LogP contribution is 2.35. The summed E-state index contributed by atoms with van der Waals surface area (Å²) in [5.41, 5.74) is 1.46. The Morgan fingerprint density at radius 1 is 1.05 bits per heavy atom. The summed E-state index contributed by atoms with van der Waals surface area (Å²) in [4.78, 5) is 8.74. The Kier molecular flexibility index (Phi) is 2.50. The van der Waals surface area contributed by atoms with Crippen molar-refractivity contribution in [2.24, 2.45) is 0 Å². The first kappa shape index (κ1) is 12.0. The SMILES string of the molecule is Cc1nc(Nc2ccc3c(c2)OCO3)c2cc(C)oc2n1. The van der Waals surface area contributed by atoms with Crippen LogP contribution in [0.4, 0.5) is 11.5 Å². The second-order valence-electron chi connectivity index (χ2n) is 4.89. The van der Waals surface area contributed by atoms with Gasteiger partial charge < -0.3 is 19.2 Å². The lowest BCUT2D eigenvalue weighted by Gasteiger charge is -2.07. The molecule has 1 N–H and O–H groups in total. The Morgan fingerprint density at radius 3 is 2.81 bits per heavy atom. The van der Waals surface area contributed by atoms with Crippen molar-refractivity contribution in [1.29, 1.82) is 0 Å². The monoisotopic (exact) mass is 283 g/mol. The lowest BCUT2D eigenvalue weighted by atomic mass is 10.2. The van der Waals surface area contributed by atoms with Crippen LogP contribution >= 0.6 is 0 Å². The summed E-state index contributed by atoms with van der Waals surface area (Å²) < 4.78 is 16.2. The average Bonchev–Trinajstić information content (AvgIpc) is 3.03. The maximum Gasteiger partial charge on any atom is 0.231 e. The third kappa shape index (κ3) is 2.05. The average molecular weight is 283 g/mol. The molecule has 6 nitrogen and oxygen atoms in total. The Hall–Kier alpha value is -2.76. The van der Waals surface area contributed by atoms with Crippen LogP contribution < -0.4 is 14.8 Å². The number of fused-ring (bicyclic) bond motifs is 2. The molecule has 6 heteroatoms. The van der Waals surface area contributed by atoms with Gasteiger partial charge in [-0.25, -0.2) is 4.98 Å². The van der Waals surface area contributed by atoms with E-state index in [-0.39, 0.29) is 6.79 Å². The van der Waals surface area contributed by atoms with Crippen molar-refractivity contribution in [3.8, 4) is 11.5 Å². The Labute approximate surface area is 120 Å². The molecule has 1 aliphatic heterocycles. The maximum absolute atomic E-state index is 5.57.